The number of carbonyl (C=O) groups excluding carboxylic acids is 3. The molecule has 4 atom stereocenters. The van der Waals surface area contributed by atoms with Gasteiger partial charge in [-0.2, -0.15) is 0 Å². The second-order valence-corrected chi connectivity index (χ2v) is 8.72. The number of hydrogen-bond acceptors (Lipinski definition) is 5. The van der Waals surface area contributed by atoms with Gasteiger partial charge in [-0.05, 0) is 37.5 Å². The normalized spacial score (nSPS) is 14.3. The standard InChI is InChI=1S/C26H31N5O5/c1-15(23(32)30-16(2)26(35)36)29-25(34)22(12-17-8-4-3-5-9-17)31-24(33)20(27)13-18-14-28-21-11-7-6-10-19(18)21/h3-11,14-16,20,22,28H,12-13,27H2,1-2H3,(H,29,34)(H,30,32)(H,31,33)(H,35,36). The molecule has 10 nitrogen and oxygen atoms in total. The number of H-pyrrole nitrogens is 1. The van der Waals surface area contributed by atoms with Crippen molar-refractivity contribution in [2.24, 2.45) is 5.73 Å². The highest BCUT2D eigenvalue weighted by molar-refractivity contribution is 5.94. The minimum absolute atomic E-state index is 0.179. The van der Waals surface area contributed by atoms with Crippen LogP contribution in [0, 0.1) is 0 Å². The van der Waals surface area contributed by atoms with Gasteiger partial charge in [0.2, 0.25) is 17.7 Å². The zero-order valence-corrected chi connectivity index (χ0v) is 20.2. The van der Waals surface area contributed by atoms with E-state index in [1.165, 1.54) is 13.8 Å². The first-order chi connectivity index (χ1) is 17.2. The molecule has 0 fully saturated rings. The van der Waals surface area contributed by atoms with Crippen molar-refractivity contribution in [2.45, 2.75) is 50.9 Å². The summed E-state index contributed by atoms with van der Waals surface area (Å²) in [5, 5.41) is 17.5. The molecule has 0 aliphatic rings. The predicted octanol–water partition coefficient (Wildman–Crippen LogP) is 0.859. The number of fused-ring (bicyclic) bond motifs is 1. The number of nitrogens with one attached hydrogen (secondary N) is 4. The third-order valence-corrected chi connectivity index (χ3v) is 5.85. The van der Waals surface area contributed by atoms with Gasteiger partial charge in [0, 0.05) is 23.5 Å². The average molecular weight is 494 g/mol. The molecule has 0 aliphatic carbocycles. The molecule has 0 spiro atoms. The van der Waals surface area contributed by atoms with Crippen molar-refractivity contribution < 1.29 is 24.3 Å². The van der Waals surface area contributed by atoms with Gasteiger partial charge in [0.05, 0.1) is 6.04 Å². The van der Waals surface area contributed by atoms with Gasteiger partial charge >= 0.3 is 5.97 Å². The van der Waals surface area contributed by atoms with Crippen LogP contribution in [0.3, 0.4) is 0 Å². The van der Waals surface area contributed by atoms with Gasteiger partial charge in [-0.15, -0.1) is 0 Å². The maximum Gasteiger partial charge on any atom is 0.325 e. The fourth-order valence-electron chi connectivity index (χ4n) is 3.75. The molecule has 190 valence electrons. The van der Waals surface area contributed by atoms with Crippen LogP contribution in [0.1, 0.15) is 25.0 Å². The summed E-state index contributed by atoms with van der Waals surface area (Å²) in [7, 11) is 0. The summed E-state index contributed by atoms with van der Waals surface area (Å²) in [4.78, 5) is 52.5. The number of carboxylic acid groups (broad SMARTS) is 1. The summed E-state index contributed by atoms with van der Waals surface area (Å²) < 4.78 is 0. The van der Waals surface area contributed by atoms with Crippen LogP contribution in [0.2, 0.25) is 0 Å². The van der Waals surface area contributed by atoms with Gasteiger partial charge in [-0.1, -0.05) is 48.5 Å². The van der Waals surface area contributed by atoms with Crippen LogP contribution in [0.15, 0.2) is 60.8 Å². The molecular weight excluding hydrogens is 462 g/mol. The van der Waals surface area contributed by atoms with Crippen LogP contribution >= 0.6 is 0 Å². The van der Waals surface area contributed by atoms with Crippen molar-refractivity contribution >= 4 is 34.6 Å². The van der Waals surface area contributed by atoms with Gasteiger partial charge in [-0.25, -0.2) is 0 Å². The molecule has 0 saturated heterocycles. The van der Waals surface area contributed by atoms with Crippen molar-refractivity contribution in [3.05, 3.63) is 71.9 Å². The van der Waals surface area contributed by atoms with E-state index in [0.29, 0.717) is 0 Å². The lowest BCUT2D eigenvalue weighted by atomic mass is 10.0. The van der Waals surface area contributed by atoms with Crippen LogP contribution < -0.4 is 21.7 Å². The first-order valence-corrected chi connectivity index (χ1v) is 11.6. The van der Waals surface area contributed by atoms with E-state index in [1.54, 1.807) is 0 Å². The van der Waals surface area contributed by atoms with Crippen LogP contribution in [0.25, 0.3) is 10.9 Å². The van der Waals surface area contributed by atoms with Gasteiger partial charge in [-0.3, -0.25) is 19.2 Å². The molecule has 0 aliphatic heterocycles. The highest BCUT2D eigenvalue weighted by Crippen LogP contribution is 2.18. The quantitative estimate of drug-likeness (QED) is 0.232. The van der Waals surface area contributed by atoms with Crippen LogP contribution in [0.5, 0.6) is 0 Å². The number of benzene rings is 2. The van der Waals surface area contributed by atoms with Crippen LogP contribution in [-0.2, 0) is 32.0 Å². The number of carboxylic acids is 1. The summed E-state index contributed by atoms with van der Waals surface area (Å²) in [6.45, 7) is 2.76. The Labute approximate surface area is 208 Å². The summed E-state index contributed by atoms with van der Waals surface area (Å²) in [5.74, 6) is -2.94. The minimum Gasteiger partial charge on any atom is -0.480 e. The first kappa shape index (κ1) is 26.4. The van der Waals surface area contributed by atoms with Crippen molar-refractivity contribution in [3.8, 4) is 0 Å². The Morgan fingerprint density at radius 3 is 2.17 bits per heavy atom. The fourth-order valence-corrected chi connectivity index (χ4v) is 3.75. The minimum atomic E-state index is -1.19. The lowest BCUT2D eigenvalue weighted by Crippen LogP contribution is -2.56. The molecule has 3 rings (SSSR count). The monoisotopic (exact) mass is 493 g/mol. The lowest BCUT2D eigenvalue weighted by Gasteiger charge is -2.23. The fraction of sp³-hybridized carbons (Fsp3) is 0.308. The van der Waals surface area contributed by atoms with E-state index < -0.39 is 47.9 Å². The lowest BCUT2D eigenvalue weighted by molar-refractivity contribution is -0.141. The molecule has 1 heterocycles. The molecule has 7 N–H and O–H groups in total. The maximum absolute atomic E-state index is 13.1. The van der Waals surface area contributed by atoms with E-state index in [4.69, 9.17) is 10.8 Å². The Bertz CT molecular complexity index is 1230. The van der Waals surface area contributed by atoms with E-state index in [-0.39, 0.29) is 12.8 Å². The summed E-state index contributed by atoms with van der Waals surface area (Å²) >= 11 is 0. The molecule has 3 aromatic rings. The summed E-state index contributed by atoms with van der Waals surface area (Å²) in [6.07, 6.45) is 2.25. The van der Waals surface area contributed by atoms with Gasteiger partial charge < -0.3 is 31.8 Å². The van der Waals surface area contributed by atoms with E-state index >= 15 is 0 Å². The number of amides is 3. The zero-order chi connectivity index (χ0) is 26.2. The Balaban J connectivity index is 1.69. The Kier molecular flexibility index (Phi) is 8.80. The average Bonchev–Trinajstić information content (AvgIpc) is 3.26. The molecule has 0 bridgehead atoms. The van der Waals surface area contributed by atoms with Crippen molar-refractivity contribution in [2.75, 3.05) is 0 Å². The van der Waals surface area contributed by atoms with E-state index in [0.717, 1.165) is 22.0 Å². The van der Waals surface area contributed by atoms with Crippen LogP contribution in [-0.4, -0.2) is 57.9 Å². The molecule has 1 aromatic heterocycles. The molecule has 4 unspecified atom stereocenters. The SMILES string of the molecule is CC(NC(=O)C(C)NC(=O)C(Cc1ccccc1)NC(=O)C(N)Cc1c[nH]c2ccccc12)C(=O)O. The molecule has 3 amide bonds. The Hall–Kier alpha value is -4.18. The number of rotatable bonds is 11. The molecular formula is C26H31N5O5. The summed E-state index contributed by atoms with van der Waals surface area (Å²) in [5.41, 5.74) is 8.82. The smallest absolute Gasteiger partial charge is 0.325 e. The molecule has 0 saturated carbocycles. The van der Waals surface area contributed by atoms with Gasteiger partial charge in [0.1, 0.15) is 18.1 Å². The second-order valence-electron chi connectivity index (χ2n) is 8.72. The maximum atomic E-state index is 13.1. The number of para-hydroxylation sites is 1. The third kappa shape index (κ3) is 6.92. The molecule has 36 heavy (non-hydrogen) atoms. The van der Waals surface area contributed by atoms with Crippen molar-refractivity contribution in [3.63, 3.8) is 0 Å². The predicted molar refractivity (Wildman–Crippen MR) is 135 cm³/mol. The number of aliphatic carboxylic acids is 1. The third-order valence-electron chi connectivity index (χ3n) is 5.85. The zero-order valence-electron chi connectivity index (χ0n) is 20.2. The highest BCUT2D eigenvalue weighted by Gasteiger charge is 2.28. The van der Waals surface area contributed by atoms with E-state index in [9.17, 15) is 19.2 Å². The number of carbonyl (C=O) groups is 4. The number of aromatic nitrogens is 1. The number of hydrogen-bond donors (Lipinski definition) is 6. The summed E-state index contributed by atoms with van der Waals surface area (Å²) in [6, 6.07) is 12.8. The van der Waals surface area contributed by atoms with Gasteiger partial charge in [0.15, 0.2) is 0 Å². The number of nitrogens with two attached hydrogens (primary N) is 1. The topological polar surface area (TPSA) is 166 Å². The molecule has 10 heteroatoms. The largest absolute Gasteiger partial charge is 0.480 e. The number of aromatic amines is 1. The Morgan fingerprint density at radius 2 is 1.47 bits per heavy atom. The van der Waals surface area contributed by atoms with Gasteiger partial charge in [0.25, 0.3) is 0 Å². The van der Waals surface area contributed by atoms with Crippen LogP contribution in [0.4, 0.5) is 0 Å². The molecule has 2 aromatic carbocycles. The highest BCUT2D eigenvalue weighted by atomic mass is 16.4. The van der Waals surface area contributed by atoms with Crippen molar-refractivity contribution in [1.29, 1.82) is 0 Å². The van der Waals surface area contributed by atoms with Crippen molar-refractivity contribution in [1.82, 2.24) is 20.9 Å². The Morgan fingerprint density at radius 1 is 0.833 bits per heavy atom. The molecule has 0 radical (unpaired) electrons. The first-order valence-electron chi connectivity index (χ1n) is 11.6. The second kappa shape index (κ2) is 12.0. The van der Waals surface area contributed by atoms with E-state index in [2.05, 4.69) is 20.9 Å². The van der Waals surface area contributed by atoms with E-state index in [1.807, 2.05) is 60.8 Å².